The first kappa shape index (κ1) is 22.5. The second-order valence-corrected chi connectivity index (χ2v) is 9.19. The van der Waals surface area contributed by atoms with E-state index in [9.17, 15) is 4.79 Å². The lowest BCUT2D eigenvalue weighted by Gasteiger charge is -2.31. The minimum atomic E-state index is 0.264. The highest BCUT2D eigenvalue weighted by molar-refractivity contribution is 5.80. The molecule has 0 spiro atoms. The normalized spacial score (nSPS) is 26.0. The van der Waals surface area contributed by atoms with Gasteiger partial charge in [0.2, 0.25) is 5.91 Å². The number of allylic oxidation sites excluding steroid dienone is 2. The van der Waals surface area contributed by atoms with E-state index in [0.717, 1.165) is 13.1 Å². The van der Waals surface area contributed by atoms with E-state index in [2.05, 4.69) is 37.8 Å². The molecular weight excluding hydrogens is 330 g/mol. The third-order valence-electron chi connectivity index (χ3n) is 7.01. The van der Waals surface area contributed by atoms with Crippen LogP contribution in [-0.4, -0.2) is 23.9 Å². The molecule has 1 amide bonds. The van der Waals surface area contributed by atoms with Crippen LogP contribution in [0.15, 0.2) is 12.2 Å². The summed E-state index contributed by atoms with van der Waals surface area (Å²) >= 11 is 0. The van der Waals surface area contributed by atoms with Crippen LogP contribution >= 0.6 is 0 Å². The zero-order valence-corrected chi connectivity index (χ0v) is 18.4. The van der Waals surface area contributed by atoms with E-state index >= 15 is 0 Å². The molecule has 2 nitrogen and oxygen atoms in total. The Labute approximate surface area is 169 Å². The van der Waals surface area contributed by atoms with Crippen LogP contribution in [0, 0.1) is 23.7 Å². The molecule has 0 heterocycles. The summed E-state index contributed by atoms with van der Waals surface area (Å²) in [6.07, 6.45) is 21.6. The van der Waals surface area contributed by atoms with Crippen LogP contribution in [0.1, 0.15) is 104 Å². The van der Waals surface area contributed by atoms with Gasteiger partial charge in [-0.2, -0.15) is 0 Å². The molecule has 27 heavy (non-hydrogen) atoms. The van der Waals surface area contributed by atoms with Gasteiger partial charge in [-0.05, 0) is 37.0 Å². The first-order chi connectivity index (χ1) is 13.2. The third-order valence-corrected chi connectivity index (χ3v) is 7.01. The van der Waals surface area contributed by atoms with Crippen molar-refractivity contribution < 1.29 is 4.79 Å². The number of amides is 1. The predicted octanol–water partition coefficient (Wildman–Crippen LogP) is 6.99. The fraction of sp³-hybridized carbons (Fsp3) is 0.880. The molecular formula is C25H45NO. The summed E-state index contributed by atoms with van der Waals surface area (Å²) in [6, 6.07) is 0. The van der Waals surface area contributed by atoms with Crippen molar-refractivity contribution in [2.45, 2.75) is 104 Å². The Morgan fingerprint density at radius 2 is 1.26 bits per heavy atom. The van der Waals surface area contributed by atoms with Crippen molar-refractivity contribution in [3.63, 3.8) is 0 Å². The Hall–Kier alpha value is -0.790. The van der Waals surface area contributed by atoms with Crippen molar-refractivity contribution in [1.82, 2.24) is 4.90 Å². The second-order valence-electron chi connectivity index (χ2n) is 9.19. The van der Waals surface area contributed by atoms with Gasteiger partial charge in [-0.15, -0.1) is 0 Å². The number of rotatable bonds is 15. The van der Waals surface area contributed by atoms with Gasteiger partial charge in [0.15, 0.2) is 0 Å². The van der Waals surface area contributed by atoms with Crippen molar-refractivity contribution in [2.75, 3.05) is 13.1 Å². The highest BCUT2D eigenvalue weighted by Crippen LogP contribution is 2.48. The average molecular weight is 376 g/mol. The maximum absolute atomic E-state index is 13.4. The van der Waals surface area contributed by atoms with E-state index in [1.807, 2.05) is 0 Å². The Bertz CT molecular complexity index is 428. The van der Waals surface area contributed by atoms with E-state index in [1.54, 1.807) is 0 Å². The smallest absolute Gasteiger partial charge is 0.226 e. The molecule has 0 aromatic rings. The molecule has 0 aromatic carbocycles. The van der Waals surface area contributed by atoms with Gasteiger partial charge in [0.05, 0.1) is 0 Å². The number of carbonyl (C=O) groups is 1. The standard InChI is InChI=1S/C25H45NO/c1-4-6-8-10-12-14-18-26(19-15-13-11-9-7-5-2)25(27)24-21(3)22-16-17-23(24)20-22/h16-17,21-24H,4-15,18-20H2,1-3H3. The Morgan fingerprint density at radius 1 is 0.778 bits per heavy atom. The largest absolute Gasteiger partial charge is 0.342 e. The molecule has 2 aliphatic rings. The fourth-order valence-corrected chi connectivity index (χ4v) is 5.19. The van der Waals surface area contributed by atoms with Gasteiger partial charge in [-0.1, -0.05) is 97.1 Å². The lowest BCUT2D eigenvalue weighted by atomic mass is 9.83. The van der Waals surface area contributed by atoms with Crippen molar-refractivity contribution >= 4 is 5.91 Å². The van der Waals surface area contributed by atoms with E-state index < -0.39 is 0 Å². The summed E-state index contributed by atoms with van der Waals surface area (Å²) in [5.41, 5.74) is 0. The summed E-state index contributed by atoms with van der Waals surface area (Å²) in [6.45, 7) is 8.83. The van der Waals surface area contributed by atoms with E-state index in [0.29, 0.717) is 23.7 Å². The molecule has 2 heteroatoms. The van der Waals surface area contributed by atoms with Crippen molar-refractivity contribution in [2.24, 2.45) is 23.7 Å². The van der Waals surface area contributed by atoms with Crippen LogP contribution in [-0.2, 0) is 4.79 Å². The molecule has 1 fully saturated rings. The average Bonchev–Trinajstić information content (AvgIpc) is 3.26. The summed E-state index contributed by atoms with van der Waals surface area (Å²) in [4.78, 5) is 15.6. The molecule has 0 aliphatic heterocycles. The molecule has 4 atom stereocenters. The van der Waals surface area contributed by atoms with E-state index in [-0.39, 0.29) is 5.92 Å². The van der Waals surface area contributed by atoms with Crippen LogP contribution in [0.5, 0.6) is 0 Å². The van der Waals surface area contributed by atoms with Gasteiger partial charge < -0.3 is 4.90 Å². The van der Waals surface area contributed by atoms with Gasteiger partial charge >= 0.3 is 0 Å². The van der Waals surface area contributed by atoms with Crippen molar-refractivity contribution in [3.05, 3.63) is 12.2 Å². The summed E-state index contributed by atoms with van der Waals surface area (Å²) in [5, 5.41) is 0. The monoisotopic (exact) mass is 375 g/mol. The summed E-state index contributed by atoms with van der Waals surface area (Å²) in [7, 11) is 0. The molecule has 0 radical (unpaired) electrons. The Kier molecular flexibility index (Phi) is 10.5. The summed E-state index contributed by atoms with van der Waals surface area (Å²) < 4.78 is 0. The third kappa shape index (κ3) is 6.95. The number of fused-ring (bicyclic) bond motifs is 2. The Morgan fingerprint density at radius 3 is 1.74 bits per heavy atom. The van der Waals surface area contributed by atoms with Gasteiger partial charge in [0.1, 0.15) is 0 Å². The lowest BCUT2D eigenvalue weighted by Crippen LogP contribution is -2.41. The first-order valence-corrected chi connectivity index (χ1v) is 12.2. The minimum absolute atomic E-state index is 0.264. The zero-order valence-electron chi connectivity index (χ0n) is 18.4. The molecule has 0 aromatic heterocycles. The number of hydrogen-bond donors (Lipinski definition) is 0. The molecule has 0 saturated heterocycles. The molecule has 0 N–H and O–H groups in total. The second kappa shape index (κ2) is 12.6. The van der Waals surface area contributed by atoms with Gasteiger partial charge in [-0.3, -0.25) is 4.79 Å². The molecule has 2 aliphatic carbocycles. The fourth-order valence-electron chi connectivity index (χ4n) is 5.19. The molecule has 4 unspecified atom stereocenters. The maximum atomic E-state index is 13.4. The van der Waals surface area contributed by atoms with Crippen molar-refractivity contribution in [3.8, 4) is 0 Å². The molecule has 156 valence electrons. The predicted molar refractivity (Wildman–Crippen MR) is 117 cm³/mol. The van der Waals surface area contributed by atoms with Crippen LogP contribution in [0.3, 0.4) is 0 Å². The van der Waals surface area contributed by atoms with E-state index in [4.69, 9.17) is 0 Å². The highest BCUT2D eigenvalue weighted by atomic mass is 16.2. The quantitative estimate of drug-likeness (QED) is 0.223. The number of carbonyl (C=O) groups excluding carboxylic acids is 1. The van der Waals surface area contributed by atoms with Crippen LogP contribution in [0.25, 0.3) is 0 Å². The zero-order chi connectivity index (χ0) is 19.5. The molecule has 2 bridgehead atoms. The van der Waals surface area contributed by atoms with Gasteiger partial charge in [-0.25, -0.2) is 0 Å². The van der Waals surface area contributed by atoms with Gasteiger partial charge in [0.25, 0.3) is 0 Å². The van der Waals surface area contributed by atoms with Crippen LogP contribution in [0.4, 0.5) is 0 Å². The maximum Gasteiger partial charge on any atom is 0.226 e. The molecule has 2 rings (SSSR count). The number of hydrogen-bond acceptors (Lipinski definition) is 1. The highest BCUT2D eigenvalue weighted by Gasteiger charge is 2.46. The van der Waals surface area contributed by atoms with Crippen LogP contribution in [0.2, 0.25) is 0 Å². The topological polar surface area (TPSA) is 20.3 Å². The minimum Gasteiger partial charge on any atom is -0.342 e. The van der Waals surface area contributed by atoms with Crippen LogP contribution < -0.4 is 0 Å². The number of nitrogens with zero attached hydrogens (tertiary/aromatic N) is 1. The Balaban J connectivity index is 1.79. The van der Waals surface area contributed by atoms with Gasteiger partial charge in [0, 0.05) is 19.0 Å². The van der Waals surface area contributed by atoms with Crippen molar-refractivity contribution in [1.29, 1.82) is 0 Å². The first-order valence-electron chi connectivity index (χ1n) is 12.2. The molecule has 1 saturated carbocycles. The van der Waals surface area contributed by atoms with E-state index in [1.165, 1.54) is 83.5 Å². The summed E-state index contributed by atoms with van der Waals surface area (Å²) in [5.74, 6) is 2.47. The SMILES string of the molecule is CCCCCCCCN(CCCCCCCC)C(=O)C1C2C=CC(C2)C1C. The number of unbranched alkanes of at least 4 members (excludes halogenated alkanes) is 10. The lowest BCUT2D eigenvalue weighted by molar-refractivity contribution is -0.138.